The molecule has 2 rings (SSSR count). The van der Waals surface area contributed by atoms with Crippen LogP contribution in [0.2, 0.25) is 0 Å². The van der Waals surface area contributed by atoms with Gasteiger partial charge in [0, 0.05) is 37.4 Å². The first kappa shape index (κ1) is 17.8. The third-order valence-corrected chi connectivity index (χ3v) is 4.82. The van der Waals surface area contributed by atoms with Crippen molar-refractivity contribution in [2.24, 2.45) is 0 Å². The second kappa shape index (κ2) is 8.92. The number of amides is 1. The van der Waals surface area contributed by atoms with Gasteiger partial charge in [0.25, 0.3) is 5.91 Å². The normalized spacial score (nSPS) is 15.4. The Hall–Kier alpha value is -1.55. The molecule has 1 aromatic rings. The molecule has 0 saturated carbocycles. The summed E-state index contributed by atoms with van der Waals surface area (Å²) in [5.41, 5.74) is 2.00. The van der Waals surface area contributed by atoms with E-state index in [1.807, 2.05) is 24.1 Å². The lowest BCUT2D eigenvalue weighted by atomic mass is 10.0. The van der Waals surface area contributed by atoms with Gasteiger partial charge in [-0.25, -0.2) is 0 Å². The molecule has 23 heavy (non-hydrogen) atoms. The number of carbonyl (C=O) groups excluding carboxylic acids is 1. The van der Waals surface area contributed by atoms with Gasteiger partial charge < -0.3 is 15.1 Å². The van der Waals surface area contributed by atoms with Crippen molar-refractivity contribution < 1.29 is 4.79 Å². The fraction of sp³-hybridized carbons (Fsp3) is 0.632. The number of nitrogens with zero attached hydrogens (tertiary/aromatic N) is 2. The molecule has 0 bridgehead atoms. The molecule has 1 saturated heterocycles. The average Bonchev–Trinajstić information content (AvgIpc) is 2.62. The summed E-state index contributed by atoms with van der Waals surface area (Å²) in [6, 6.07) is 8.49. The van der Waals surface area contributed by atoms with Crippen LogP contribution in [0.1, 0.15) is 49.9 Å². The fourth-order valence-electron chi connectivity index (χ4n) is 3.20. The molecule has 4 heteroatoms. The smallest absolute Gasteiger partial charge is 0.253 e. The lowest BCUT2D eigenvalue weighted by Gasteiger charge is -2.32. The van der Waals surface area contributed by atoms with E-state index in [0.29, 0.717) is 6.04 Å². The third-order valence-electron chi connectivity index (χ3n) is 4.82. The number of unbranched alkanes of at least 4 members (excludes halogenated alkanes) is 1. The number of nitrogens with one attached hydrogen (secondary N) is 1. The molecule has 1 N–H and O–H groups in total. The van der Waals surface area contributed by atoms with Crippen molar-refractivity contribution >= 4 is 11.6 Å². The monoisotopic (exact) mass is 317 g/mol. The van der Waals surface area contributed by atoms with E-state index in [-0.39, 0.29) is 5.91 Å². The zero-order valence-corrected chi connectivity index (χ0v) is 14.8. The van der Waals surface area contributed by atoms with Gasteiger partial charge in [-0.1, -0.05) is 13.3 Å². The summed E-state index contributed by atoms with van der Waals surface area (Å²) in [5.74, 6) is 0.139. The highest BCUT2D eigenvalue weighted by Crippen LogP contribution is 2.18. The zero-order chi connectivity index (χ0) is 16.7. The van der Waals surface area contributed by atoms with Crippen LogP contribution in [0, 0.1) is 0 Å². The van der Waals surface area contributed by atoms with Crippen molar-refractivity contribution in [3.8, 4) is 0 Å². The Bertz CT molecular complexity index is 480. The number of rotatable bonds is 7. The Kier molecular flexibility index (Phi) is 6.90. The van der Waals surface area contributed by atoms with Gasteiger partial charge in [-0.15, -0.1) is 0 Å². The van der Waals surface area contributed by atoms with Gasteiger partial charge in [-0.05, 0) is 63.5 Å². The van der Waals surface area contributed by atoms with Gasteiger partial charge in [-0.2, -0.15) is 0 Å². The molecule has 1 heterocycles. The van der Waals surface area contributed by atoms with Crippen LogP contribution in [0.25, 0.3) is 0 Å². The molecule has 0 aromatic heterocycles. The van der Waals surface area contributed by atoms with Crippen LogP contribution in [0.4, 0.5) is 5.69 Å². The third kappa shape index (κ3) is 4.71. The lowest BCUT2D eigenvalue weighted by Crippen LogP contribution is -2.43. The second-order valence-electron chi connectivity index (χ2n) is 6.38. The average molecular weight is 317 g/mol. The van der Waals surface area contributed by atoms with Gasteiger partial charge in [-0.3, -0.25) is 4.79 Å². The number of hydrogen-bond donors (Lipinski definition) is 1. The molecule has 0 spiro atoms. The summed E-state index contributed by atoms with van der Waals surface area (Å²) in [6.07, 6.45) is 4.49. The molecule has 1 amide bonds. The van der Waals surface area contributed by atoms with E-state index in [4.69, 9.17) is 0 Å². The fourth-order valence-corrected chi connectivity index (χ4v) is 3.20. The van der Waals surface area contributed by atoms with Gasteiger partial charge in [0.05, 0.1) is 0 Å². The highest BCUT2D eigenvalue weighted by Gasteiger charge is 2.22. The number of anilines is 1. The minimum Gasteiger partial charge on any atom is -0.372 e. The molecule has 1 aliphatic heterocycles. The number of hydrogen-bond acceptors (Lipinski definition) is 3. The van der Waals surface area contributed by atoms with E-state index in [1.54, 1.807) is 0 Å². The van der Waals surface area contributed by atoms with E-state index < -0.39 is 0 Å². The number of benzene rings is 1. The van der Waals surface area contributed by atoms with Crippen LogP contribution < -0.4 is 10.2 Å². The van der Waals surface area contributed by atoms with Crippen LogP contribution >= 0.6 is 0 Å². The van der Waals surface area contributed by atoms with Gasteiger partial charge in [0.2, 0.25) is 0 Å². The molecule has 1 aliphatic rings. The Balaban J connectivity index is 2.01. The maximum atomic E-state index is 12.7. The van der Waals surface area contributed by atoms with Crippen LogP contribution in [0.3, 0.4) is 0 Å². The Labute approximate surface area is 140 Å². The number of piperidine rings is 1. The molecule has 1 fully saturated rings. The van der Waals surface area contributed by atoms with Crippen LogP contribution in [0.15, 0.2) is 24.3 Å². The molecule has 1 aromatic carbocycles. The summed E-state index contributed by atoms with van der Waals surface area (Å²) in [4.78, 5) is 16.9. The first-order valence-electron chi connectivity index (χ1n) is 9.00. The van der Waals surface area contributed by atoms with E-state index in [2.05, 4.69) is 36.2 Å². The summed E-state index contributed by atoms with van der Waals surface area (Å²) >= 11 is 0. The lowest BCUT2D eigenvalue weighted by molar-refractivity contribution is 0.0703. The quantitative estimate of drug-likeness (QED) is 0.839. The molecular formula is C19H31N3O. The van der Waals surface area contributed by atoms with Crippen molar-refractivity contribution in [2.45, 2.75) is 45.6 Å². The molecule has 0 aliphatic carbocycles. The Morgan fingerprint density at radius 2 is 1.83 bits per heavy atom. The van der Waals surface area contributed by atoms with Gasteiger partial charge in [0.15, 0.2) is 0 Å². The maximum absolute atomic E-state index is 12.7. The summed E-state index contributed by atoms with van der Waals surface area (Å²) in [6.45, 7) is 8.48. The Morgan fingerprint density at radius 1 is 1.17 bits per heavy atom. The van der Waals surface area contributed by atoms with Crippen LogP contribution in [-0.2, 0) is 0 Å². The first-order chi connectivity index (χ1) is 11.2. The standard InChI is InChI=1S/C19H31N3O/c1-4-6-15-22(5-2)18-9-7-16(8-10-18)19(23)21(3)17-11-13-20-14-12-17/h7-10,17,20H,4-6,11-15H2,1-3H3. The minimum absolute atomic E-state index is 0.139. The molecular weight excluding hydrogens is 286 g/mol. The van der Waals surface area contributed by atoms with Crippen molar-refractivity contribution in [1.29, 1.82) is 0 Å². The van der Waals surface area contributed by atoms with Crippen molar-refractivity contribution in [2.75, 3.05) is 38.1 Å². The largest absolute Gasteiger partial charge is 0.372 e. The second-order valence-corrected chi connectivity index (χ2v) is 6.38. The Morgan fingerprint density at radius 3 is 2.39 bits per heavy atom. The van der Waals surface area contributed by atoms with Crippen molar-refractivity contribution in [3.63, 3.8) is 0 Å². The van der Waals surface area contributed by atoms with Crippen LogP contribution in [0.5, 0.6) is 0 Å². The van der Waals surface area contributed by atoms with E-state index in [9.17, 15) is 4.79 Å². The van der Waals surface area contributed by atoms with Crippen molar-refractivity contribution in [3.05, 3.63) is 29.8 Å². The zero-order valence-electron chi connectivity index (χ0n) is 14.8. The first-order valence-corrected chi connectivity index (χ1v) is 9.00. The van der Waals surface area contributed by atoms with Gasteiger partial charge in [0.1, 0.15) is 0 Å². The van der Waals surface area contributed by atoms with E-state index in [1.165, 1.54) is 18.5 Å². The number of carbonyl (C=O) groups is 1. The SMILES string of the molecule is CCCCN(CC)c1ccc(C(=O)N(C)C2CCNCC2)cc1. The van der Waals surface area contributed by atoms with E-state index >= 15 is 0 Å². The van der Waals surface area contributed by atoms with Crippen LogP contribution in [-0.4, -0.2) is 50.1 Å². The molecule has 0 unspecified atom stereocenters. The molecule has 0 atom stereocenters. The summed E-state index contributed by atoms with van der Waals surface area (Å²) in [5, 5.41) is 3.35. The predicted octanol–water partition coefficient (Wildman–Crippen LogP) is 3.14. The molecule has 4 nitrogen and oxygen atoms in total. The highest BCUT2D eigenvalue weighted by molar-refractivity contribution is 5.94. The van der Waals surface area contributed by atoms with E-state index in [0.717, 1.165) is 44.6 Å². The molecule has 0 radical (unpaired) electrons. The molecule has 128 valence electrons. The maximum Gasteiger partial charge on any atom is 0.253 e. The minimum atomic E-state index is 0.139. The summed E-state index contributed by atoms with van der Waals surface area (Å²) in [7, 11) is 1.94. The van der Waals surface area contributed by atoms with Crippen molar-refractivity contribution in [1.82, 2.24) is 10.2 Å². The topological polar surface area (TPSA) is 35.6 Å². The highest BCUT2D eigenvalue weighted by atomic mass is 16.2. The summed E-state index contributed by atoms with van der Waals surface area (Å²) < 4.78 is 0. The predicted molar refractivity (Wildman–Crippen MR) is 97.2 cm³/mol. The van der Waals surface area contributed by atoms with Gasteiger partial charge >= 0.3 is 0 Å².